The summed E-state index contributed by atoms with van der Waals surface area (Å²) in [7, 11) is -3.18. The molecular weight excluding hydrogens is 330 g/mol. The zero-order chi connectivity index (χ0) is 18.1. The van der Waals surface area contributed by atoms with Gasteiger partial charge in [-0.15, -0.1) is 5.54 Å². The maximum Gasteiger partial charge on any atom is 0.224 e. The molecule has 1 heterocycles. The first-order chi connectivity index (χ1) is 11.0. The first-order valence-corrected chi connectivity index (χ1v) is 15.6. The van der Waals surface area contributed by atoms with Crippen molar-refractivity contribution in [3.8, 4) is 11.5 Å². The third-order valence-electron chi connectivity index (χ3n) is 3.94. The van der Waals surface area contributed by atoms with Crippen molar-refractivity contribution in [1.29, 1.82) is 0 Å². The predicted molar refractivity (Wildman–Crippen MR) is 107 cm³/mol. The van der Waals surface area contributed by atoms with E-state index in [1.807, 2.05) is 6.92 Å². The van der Waals surface area contributed by atoms with E-state index < -0.39 is 16.1 Å². The van der Waals surface area contributed by atoms with Gasteiger partial charge in [0.25, 0.3) is 0 Å². The second-order valence-electron chi connectivity index (χ2n) is 8.46. The van der Waals surface area contributed by atoms with Crippen LogP contribution in [0, 0.1) is 11.5 Å². The van der Waals surface area contributed by atoms with Crippen molar-refractivity contribution in [3.63, 3.8) is 0 Å². The highest BCUT2D eigenvalue weighted by atomic mass is 28.3. The maximum atomic E-state index is 12.0. The number of carbonyl (C=O) groups is 1. The Kier molecular flexibility index (Phi) is 5.43. The zero-order valence-corrected chi connectivity index (χ0v) is 18.0. The summed E-state index contributed by atoms with van der Waals surface area (Å²) >= 11 is 0. The van der Waals surface area contributed by atoms with E-state index in [2.05, 4.69) is 62.1 Å². The number of ether oxygens (including phenoxy) is 1. The van der Waals surface area contributed by atoms with E-state index in [9.17, 15) is 4.79 Å². The van der Waals surface area contributed by atoms with E-state index in [0.29, 0.717) is 19.6 Å². The van der Waals surface area contributed by atoms with E-state index in [1.165, 1.54) is 16.3 Å². The van der Waals surface area contributed by atoms with E-state index in [0.717, 1.165) is 11.3 Å². The van der Waals surface area contributed by atoms with Crippen LogP contribution in [0.2, 0.25) is 39.3 Å². The number of hydrogen-bond donors (Lipinski definition) is 1. The predicted octanol–water partition coefficient (Wildman–Crippen LogP) is 3.84. The topological polar surface area (TPSA) is 38.3 Å². The fourth-order valence-corrected chi connectivity index (χ4v) is 5.25. The molecule has 130 valence electrons. The summed E-state index contributed by atoms with van der Waals surface area (Å²) in [6, 6.07) is 2.11. The molecule has 0 aromatic heterocycles. The van der Waals surface area contributed by atoms with Crippen LogP contribution in [0.3, 0.4) is 0 Å². The van der Waals surface area contributed by atoms with Gasteiger partial charge >= 0.3 is 0 Å². The minimum Gasteiger partial charge on any atom is -0.372 e. The van der Waals surface area contributed by atoms with Crippen molar-refractivity contribution < 1.29 is 9.53 Å². The maximum absolute atomic E-state index is 12.0. The van der Waals surface area contributed by atoms with E-state index in [1.54, 1.807) is 0 Å². The van der Waals surface area contributed by atoms with Crippen molar-refractivity contribution in [2.75, 3.05) is 5.32 Å². The van der Waals surface area contributed by atoms with Crippen LogP contribution in [-0.2, 0) is 22.7 Å². The molecule has 1 amide bonds. The van der Waals surface area contributed by atoms with Crippen molar-refractivity contribution in [1.82, 2.24) is 0 Å². The molecule has 1 N–H and O–H groups in total. The Labute approximate surface area is 148 Å². The van der Waals surface area contributed by atoms with Crippen molar-refractivity contribution >= 4 is 32.9 Å². The number of nitrogens with one attached hydrogen (secondary N) is 1. The number of anilines is 1. The highest BCUT2D eigenvalue weighted by Gasteiger charge is 2.29. The Balaban J connectivity index is 2.73. The first-order valence-electron chi connectivity index (χ1n) is 8.63. The third-order valence-corrected chi connectivity index (χ3v) is 6.83. The average Bonchev–Trinajstić information content (AvgIpc) is 2.90. The number of fused-ring (bicyclic) bond motifs is 1. The third kappa shape index (κ3) is 4.38. The van der Waals surface area contributed by atoms with Crippen LogP contribution >= 0.6 is 0 Å². The molecule has 0 spiro atoms. The smallest absolute Gasteiger partial charge is 0.224 e. The van der Waals surface area contributed by atoms with Gasteiger partial charge in [0.05, 0.1) is 21.3 Å². The molecule has 2 rings (SSSR count). The van der Waals surface area contributed by atoms with Crippen LogP contribution in [0.4, 0.5) is 5.69 Å². The molecule has 0 atom stereocenters. The fraction of sp³-hybridized carbons (Fsp3) is 0.526. The van der Waals surface area contributed by atoms with E-state index in [-0.39, 0.29) is 5.91 Å². The van der Waals surface area contributed by atoms with Crippen molar-refractivity contribution in [3.05, 3.63) is 22.8 Å². The van der Waals surface area contributed by atoms with Gasteiger partial charge in [0.15, 0.2) is 0 Å². The van der Waals surface area contributed by atoms with Gasteiger partial charge in [0, 0.05) is 17.7 Å². The zero-order valence-electron chi connectivity index (χ0n) is 16.0. The second-order valence-corrected chi connectivity index (χ2v) is 18.2. The molecule has 1 aliphatic heterocycles. The quantitative estimate of drug-likeness (QED) is 0.658. The summed E-state index contributed by atoms with van der Waals surface area (Å²) in [5.74, 6) is 3.56. The number of amides is 1. The number of benzene rings is 1. The Morgan fingerprint density at radius 2 is 1.88 bits per heavy atom. The van der Waals surface area contributed by atoms with E-state index in [4.69, 9.17) is 4.74 Å². The molecule has 0 aliphatic carbocycles. The van der Waals surface area contributed by atoms with Gasteiger partial charge in [-0.25, -0.2) is 0 Å². The summed E-state index contributed by atoms with van der Waals surface area (Å²) in [4.78, 5) is 12.0. The molecule has 0 bridgehead atoms. The lowest BCUT2D eigenvalue weighted by molar-refractivity contribution is -0.115. The minimum absolute atomic E-state index is 0.0532. The van der Waals surface area contributed by atoms with Crippen LogP contribution in [-0.4, -0.2) is 22.1 Å². The van der Waals surface area contributed by atoms with E-state index >= 15 is 0 Å². The lowest BCUT2D eigenvalue weighted by Crippen LogP contribution is -2.43. The molecule has 1 aromatic carbocycles. The molecule has 0 fully saturated rings. The lowest BCUT2D eigenvalue weighted by atomic mass is 10.0. The van der Waals surface area contributed by atoms with Crippen LogP contribution < -0.4 is 10.5 Å². The molecule has 1 aliphatic rings. The summed E-state index contributed by atoms with van der Waals surface area (Å²) in [5, 5.41) is 4.38. The Hall–Kier alpha value is -1.36. The fourth-order valence-electron chi connectivity index (χ4n) is 2.84. The van der Waals surface area contributed by atoms with Crippen LogP contribution in [0.1, 0.15) is 30.0 Å². The van der Waals surface area contributed by atoms with Gasteiger partial charge in [0.1, 0.15) is 8.07 Å². The summed E-state index contributed by atoms with van der Waals surface area (Å²) in [5.41, 5.74) is 7.99. The molecule has 24 heavy (non-hydrogen) atoms. The van der Waals surface area contributed by atoms with Crippen molar-refractivity contribution in [2.24, 2.45) is 0 Å². The highest BCUT2D eigenvalue weighted by molar-refractivity contribution is 6.90. The first kappa shape index (κ1) is 19.0. The van der Waals surface area contributed by atoms with Gasteiger partial charge in [-0.1, -0.05) is 52.1 Å². The monoisotopic (exact) mass is 359 g/mol. The lowest BCUT2D eigenvalue weighted by Gasteiger charge is -2.25. The molecule has 1 aromatic rings. The minimum atomic E-state index is -1.70. The Morgan fingerprint density at radius 1 is 1.21 bits per heavy atom. The molecule has 0 radical (unpaired) electrons. The van der Waals surface area contributed by atoms with Crippen LogP contribution in [0.15, 0.2) is 6.07 Å². The SMILES string of the molecule is CCC(=O)Nc1cc2c(c(C#C[Si](C)(C)C)c1[Si](C)(C)C)COC2. The largest absolute Gasteiger partial charge is 0.372 e. The Bertz CT molecular complexity index is 716. The number of hydrogen-bond acceptors (Lipinski definition) is 2. The molecule has 0 saturated heterocycles. The number of rotatable bonds is 3. The van der Waals surface area contributed by atoms with Crippen LogP contribution in [0.5, 0.6) is 0 Å². The summed E-state index contributed by atoms with van der Waals surface area (Å²) < 4.78 is 5.69. The molecule has 3 nitrogen and oxygen atoms in total. The summed E-state index contributed by atoms with van der Waals surface area (Å²) in [6.07, 6.45) is 0.481. The highest BCUT2D eigenvalue weighted by Crippen LogP contribution is 2.28. The Morgan fingerprint density at radius 3 is 2.42 bits per heavy atom. The molecule has 0 unspecified atom stereocenters. The standard InChI is InChI=1S/C19H29NO2Si2/c1-8-18(21)20-17-11-14-12-22-13-16(14)15(9-10-23(2,3)4)19(17)24(5,6)7/h11H,8,12-13H2,1-7H3,(H,20,21). The van der Waals surface area contributed by atoms with Gasteiger partial charge in [-0.05, 0) is 22.4 Å². The van der Waals surface area contributed by atoms with Gasteiger partial charge < -0.3 is 10.1 Å². The molecule has 5 heteroatoms. The second kappa shape index (κ2) is 6.87. The van der Waals surface area contributed by atoms with Crippen molar-refractivity contribution in [2.45, 2.75) is 65.8 Å². The van der Waals surface area contributed by atoms with Crippen LogP contribution in [0.25, 0.3) is 0 Å². The van der Waals surface area contributed by atoms with Gasteiger partial charge in [-0.3, -0.25) is 4.79 Å². The number of carbonyl (C=O) groups excluding carboxylic acids is 1. The average molecular weight is 360 g/mol. The normalized spacial score (nSPS) is 14.0. The van der Waals surface area contributed by atoms with Gasteiger partial charge in [-0.2, -0.15) is 0 Å². The molecule has 0 saturated carbocycles. The summed E-state index contributed by atoms with van der Waals surface area (Å²) in [6.45, 7) is 16.8. The van der Waals surface area contributed by atoms with Gasteiger partial charge in [0.2, 0.25) is 5.91 Å². The molecular formula is C19H29NO2Si2.